The molecule has 1 aromatic heterocycles. The molecule has 2 aromatic carbocycles. The fourth-order valence-corrected chi connectivity index (χ4v) is 4.13. The van der Waals surface area contributed by atoms with E-state index < -0.39 is 17.6 Å². The van der Waals surface area contributed by atoms with Crippen LogP contribution in [0.3, 0.4) is 0 Å². The summed E-state index contributed by atoms with van der Waals surface area (Å²) >= 11 is 0. The van der Waals surface area contributed by atoms with Crippen molar-refractivity contribution in [2.45, 2.75) is 32.0 Å². The number of hydroxylamine groups is 2. The quantitative estimate of drug-likeness (QED) is 0.236. The molecule has 0 bridgehead atoms. The SMILES string of the molecule is CN([O-])Cc1ccc(C(F)(F)F)c(F)c1.COc1cc(Nc2nccc(N3CCCCC3)n2)cc(OC)c1OC.[K+]. The fourth-order valence-electron chi connectivity index (χ4n) is 4.13. The first-order valence-corrected chi connectivity index (χ1v) is 12.4. The van der Waals surface area contributed by atoms with E-state index >= 15 is 0 Å². The van der Waals surface area contributed by atoms with Crippen LogP contribution in [0.2, 0.25) is 0 Å². The molecule has 0 unspecified atom stereocenters. The number of aromatic nitrogens is 2. The van der Waals surface area contributed by atoms with E-state index in [-0.39, 0.29) is 63.5 Å². The summed E-state index contributed by atoms with van der Waals surface area (Å²) in [7, 11) is 5.97. The van der Waals surface area contributed by atoms with Gasteiger partial charge in [0.15, 0.2) is 11.5 Å². The maximum Gasteiger partial charge on any atom is 1.00 e. The molecule has 41 heavy (non-hydrogen) atoms. The Morgan fingerprint density at radius 2 is 1.61 bits per heavy atom. The third-order valence-electron chi connectivity index (χ3n) is 5.99. The van der Waals surface area contributed by atoms with Crippen LogP contribution in [-0.2, 0) is 12.7 Å². The number of hydrogen-bond donors (Lipinski definition) is 1. The molecule has 2 heterocycles. The van der Waals surface area contributed by atoms with Gasteiger partial charge < -0.3 is 34.7 Å². The van der Waals surface area contributed by atoms with Gasteiger partial charge in [0.25, 0.3) is 0 Å². The first-order valence-electron chi connectivity index (χ1n) is 12.4. The number of alkyl halides is 3. The third-order valence-corrected chi connectivity index (χ3v) is 5.99. The Kier molecular flexibility index (Phi) is 14.0. The summed E-state index contributed by atoms with van der Waals surface area (Å²) in [4.78, 5) is 11.3. The molecule has 1 aliphatic heterocycles. The maximum atomic E-state index is 13.0. The standard InChI is InChI=1S/C18H24N4O3.C9H8F4NO.K/c1-23-14-11-13(12-15(24-2)17(14)25-3)20-18-19-8-7-16(21-18)22-9-5-4-6-10-22;1-14(15)5-6-2-3-7(8(10)4-6)9(11,12)13;/h7-8,11-12H,4-6,9-10H2,1-3H3,(H,19,20,21);2-4H,5H2,1H3;/q;-1;+1. The van der Waals surface area contributed by atoms with Crippen LogP contribution >= 0.6 is 0 Å². The van der Waals surface area contributed by atoms with Gasteiger partial charge in [-0.1, -0.05) is 6.07 Å². The van der Waals surface area contributed by atoms with E-state index in [9.17, 15) is 22.8 Å². The number of nitrogens with zero attached hydrogens (tertiary/aromatic N) is 4. The summed E-state index contributed by atoms with van der Waals surface area (Å²) in [6.45, 7) is 1.94. The predicted octanol–water partition coefficient (Wildman–Crippen LogP) is 3.01. The van der Waals surface area contributed by atoms with E-state index in [1.807, 2.05) is 18.2 Å². The number of anilines is 3. The summed E-state index contributed by atoms with van der Waals surface area (Å²) in [6, 6.07) is 8.05. The van der Waals surface area contributed by atoms with Gasteiger partial charge in [-0.05, 0) is 50.1 Å². The Labute approximate surface area is 279 Å². The summed E-state index contributed by atoms with van der Waals surface area (Å²) in [5.41, 5.74) is -0.344. The first-order chi connectivity index (χ1) is 19.0. The second kappa shape index (κ2) is 16.4. The van der Waals surface area contributed by atoms with Crippen LogP contribution < -0.4 is 75.8 Å². The average Bonchev–Trinajstić information content (AvgIpc) is 2.92. The number of benzene rings is 2. The predicted molar refractivity (Wildman–Crippen MR) is 144 cm³/mol. The number of halogens is 4. The van der Waals surface area contributed by atoms with Crippen molar-refractivity contribution in [1.29, 1.82) is 0 Å². The van der Waals surface area contributed by atoms with Crippen molar-refractivity contribution < 1.29 is 83.2 Å². The zero-order valence-electron chi connectivity index (χ0n) is 23.7. The van der Waals surface area contributed by atoms with Crippen LogP contribution in [0.15, 0.2) is 42.6 Å². The summed E-state index contributed by atoms with van der Waals surface area (Å²) < 4.78 is 65.5. The van der Waals surface area contributed by atoms with Crippen LogP contribution in [0, 0.1) is 11.0 Å². The monoisotopic (exact) mass is 605 g/mol. The van der Waals surface area contributed by atoms with Gasteiger partial charge >= 0.3 is 57.6 Å². The molecule has 0 saturated carbocycles. The molecule has 14 heteroatoms. The smallest absolute Gasteiger partial charge is 0.785 e. The Bertz CT molecular complexity index is 1240. The second-order valence-corrected chi connectivity index (χ2v) is 8.92. The average molecular weight is 606 g/mol. The number of rotatable bonds is 8. The topological polar surface area (TPSA) is 95.0 Å². The molecule has 0 atom stereocenters. The number of methoxy groups -OCH3 is 3. The van der Waals surface area contributed by atoms with Gasteiger partial charge in [0.2, 0.25) is 11.7 Å². The number of hydrogen-bond acceptors (Lipinski definition) is 9. The minimum atomic E-state index is -4.70. The van der Waals surface area contributed by atoms with Crippen molar-refractivity contribution in [3.63, 3.8) is 0 Å². The van der Waals surface area contributed by atoms with Gasteiger partial charge in [0.05, 0.1) is 26.9 Å². The van der Waals surface area contributed by atoms with Crippen molar-refractivity contribution in [2.24, 2.45) is 0 Å². The minimum Gasteiger partial charge on any atom is -0.785 e. The normalized spacial score (nSPS) is 13.1. The zero-order chi connectivity index (χ0) is 29.3. The molecular formula is C27H32F4KN5O4. The molecule has 3 aromatic rings. The van der Waals surface area contributed by atoms with E-state index in [2.05, 4.69) is 20.2 Å². The zero-order valence-corrected chi connectivity index (χ0v) is 26.8. The minimum absolute atomic E-state index is 0. The molecule has 0 radical (unpaired) electrons. The molecule has 9 nitrogen and oxygen atoms in total. The van der Waals surface area contributed by atoms with Gasteiger partial charge in [-0.15, -0.1) is 0 Å². The van der Waals surface area contributed by atoms with Gasteiger partial charge in [0, 0.05) is 43.7 Å². The molecule has 1 saturated heterocycles. The Hall–Kier alpha value is -2.20. The van der Waals surface area contributed by atoms with Gasteiger partial charge in [-0.25, -0.2) is 9.37 Å². The number of nitrogens with one attached hydrogen (secondary N) is 1. The van der Waals surface area contributed by atoms with Crippen molar-refractivity contribution in [3.8, 4) is 17.2 Å². The van der Waals surface area contributed by atoms with E-state index in [1.165, 1.54) is 26.3 Å². The van der Waals surface area contributed by atoms with Crippen molar-refractivity contribution in [1.82, 2.24) is 15.0 Å². The second-order valence-electron chi connectivity index (χ2n) is 8.92. The molecule has 0 amide bonds. The summed E-state index contributed by atoms with van der Waals surface area (Å²) in [5.74, 6) is 1.84. The Balaban J connectivity index is 0.000000317. The van der Waals surface area contributed by atoms with Crippen molar-refractivity contribution >= 4 is 17.5 Å². The van der Waals surface area contributed by atoms with Gasteiger partial charge in [-0.2, -0.15) is 18.2 Å². The van der Waals surface area contributed by atoms with E-state index in [4.69, 9.17) is 14.2 Å². The van der Waals surface area contributed by atoms with E-state index in [1.54, 1.807) is 27.5 Å². The Morgan fingerprint density at radius 3 is 2.12 bits per heavy atom. The van der Waals surface area contributed by atoms with Crippen LogP contribution in [0.4, 0.5) is 35.0 Å². The summed E-state index contributed by atoms with van der Waals surface area (Å²) in [5, 5.41) is 14.3. The van der Waals surface area contributed by atoms with Crippen LogP contribution in [-0.4, -0.2) is 56.5 Å². The van der Waals surface area contributed by atoms with Crippen LogP contribution in [0.25, 0.3) is 0 Å². The van der Waals surface area contributed by atoms with Crippen molar-refractivity contribution in [3.05, 3.63) is 64.7 Å². The molecule has 1 N–H and O–H groups in total. The van der Waals surface area contributed by atoms with E-state index in [0.29, 0.717) is 34.3 Å². The molecule has 0 aliphatic carbocycles. The Morgan fingerprint density at radius 1 is 0.976 bits per heavy atom. The number of piperidine rings is 1. The number of ether oxygens (including phenoxy) is 3. The first kappa shape index (κ1) is 35.0. The largest absolute Gasteiger partial charge is 1.00 e. The van der Waals surface area contributed by atoms with Crippen LogP contribution in [0.5, 0.6) is 17.2 Å². The fraction of sp³-hybridized carbons (Fsp3) is 0.407. The molecular weight excluding hydrogens is 573 g/mol. The third kappa shape index (κ3) is 10.2. The summed E-state index contributed by atoms with van der Waals surface area (Å²) in [6.07, 6.45) is 0.778. The molecule has 1 aliphatic rings. The van der Waals surface area contributed by atoms with Crippen LogP contribution in [0.1, 0.15) is 30.4 Å². The molecule has 218 valence electrons. The van der Waals surface area contributed by atoms with Gasteiger partial charge in [-0.3, -0.25) is 0 Å². The molecule has 0 spiro atoms. The maximum absolute atomic E-state index is 13.0. The van der Waals surface area contributed by atoms with Gasteiger partial charge in [0.1, 0.15) is 11.6 Å². The molecule has 4 rings (SSSR count). The van der Waals surface area contributed by atoms with E-state index in [0.717, 1.165) is 36.7 Å². The molecule has 1 fully saturated rings. The van der Waals surface area contributed by atoms with Crippen molar-refractivity contribution in [2.75, 3.05) is 51.7 Å².